The zero-order valence-electron chi connectivity index (χ0n) is 15.7. The first kappa shape index (κ1) is 20.3. The highest BCUT2D eigenvalue weighted by atomic mass is 35.5. The largest absolute Gasteiger partial charge is 0.372 e. The first-order chi connectivity index (χ1) is 13.0. The fraction of sp³-hybridized carbons (Fsp3) is 0.238. The van der Waals surface area contributed by atoms with Crippen molar-refractivity contribution in [3.8, 4) is 6.07 Å². The molecule has 27 heavy (non-hydrogen) atoms. The molecular formula is C21H23ClN4O. The maximum Gasteiger partial charge on any atom is 0.267 e. The van der Waals surface area contributed by atoms with E-state index in [-0.39, 0.29) is 5.57 Å². The highest BCUT2D eigenvalue weighted by Crippen LogP contribution is 2.21. The van der Waals surface area contributed by atoms with Gasteiger partial charge in [0.05, 0.1) is 0 Å². The summed E-state index contributed by atoms with van der Waals surface area (Å²) < 4.78 is 0. The Kier molecular flexibility index (Phi) is 7.27. The maximum atomic E-state index is 12.4. The van der Waals surface area contributed by atoms with Gasteiger partial charge in [-0.2, -0.15) is 5.26 Å². The van der Waals surface area contributed by atoms with E-state index < -0.39 is 5.91 Å². The maximum absolute atomic E-state index is 12.4. The van der Waals surface area contributed by atoms with E-state index in [0.29, 0.717) is 10.7 Å². The molecule has 0 heterocycles. The third-order valence-corrected chi connectivity index (χ3v) is 4.43. The van der Waals surface area contributed by atoms with Crippen molar-refractivity contribution in [2.24, 2.45) is 0 Å². The molecular weight excluding hydrogens is 360 g/mol. The molecule has 2 aromatic carbocycles. The van der Waals surface area contributed by atoms with E-state index in [0.717, 1.165) is 30.0 Å². The van der Waals surface area contributed by atoms with Crippen LogP contribution in [0.3, 0.4) is 0 Å². The lowest BCUT2D eigenvalue weighted by Crippen LogP contribution is -2.21. The Hall–Kier alpha value is -2.97. The summed E-state index contributed by atoms with van der Waals surface area (Å²) in [5.41, 5.74) is 3.35. The van der Waals surface area contributed by atoms with Crippen molar-refractivity contribution < 1.29 is 4.79 Å². The Morgan fingerprint density at radius 1 is 1.19 bits per heavy atom. The quantitative estimate of drug-likeness (QED) is 0.525. The molecule has 0 atom stereocenters. The Bertz CT molecular complexity index is 865. The van der Waals surface area contributed by atoms with Crippen molar-refractivity contribution >= 4 is 34.6 Å². The van der Waals surface area contributed by atoms with Crippen LogP contribution in [0.5, 0.6) is 0 Å². The van der Waals surface area contributed by atoms with Crippen LogP contribution in [0.4, 0.5) is 17.1 Å². The zero-order valence-corrected chi connectivity index (χ0v) is 16.5. The number of hydrogen-bond acceptors (Lipinski definition) is 4. The first-order valence-corrected chi connectivity index (χ1v) is 9.15. The minimum atomic E-state index is -0.491. The van der Waals surface area contributed by atoms with Crippen LogP contribution in [0.15, 0.2) is 54.2 Å². The molecule has 0 aromatic heterocycles. The van der Waals surface area contributed by atoms with E-state index in [1.165, 1.54) is 6.20 Å². The second-order valence-corrected chi connectivity index (χ2v) is 6.38. The monoisotopic (exact) mass is 382 g/mol. The molecule has 0 spiro atoms. The second-order valence-electron chi connectivity index (χ2n) is 5.95. The third kappa shape index (κ3) is 5.50. The average molecular weight is 383 g/mol. The Morgan fingerprint density at radius 3 is 2.44 bits per heavy atom. The molecule has 2 aromatic rings. The predicted molar refractivity (Wildman–Crippen MR) is 112 cm³/mol. The summed E-state index contributed by atoms with van der Waals surface area (Å²) in [4.78, 5) is 14.6. The van der Waals surface area contributed by atoms with Crippen LogP contribution in [-0.4, -0.2) is 19.0 Å². The van der Waals surface area contributed by atoms with Gasteiger partial charge in [-0.15, -0.1) is 0 Å². The van der Waals surface area contributed by atoms with Gasteiger partial charge in [0, 0.05) is 41.4 Å². The smallest absolute Gasteiger partial charge is 0.267 e. The molecule has 5 nitrogen and oxygen atoms in total. The zero-order chi connectivity index (χ0) is 19.8. The number of nitriles is 1. The lowest BCUT2D eigenvalue weighted by atomic mass is 10.2. The Balaban J connectivity index is 2.08. The molecule has 0 saturated heterocycles. The molecule has 140 valence electrons. The third-order valence-electron chi connectivity index (χ3n) is 4.19. The van der Waals surface area contributed by atoms with E-state index in [4.69, 9.17) is 11.6 Å². The van der Waals surface area contributed by atoms with Crippen LogP contribution < -0.4 is 15.5 Å². The summed E-state index contributed by atoms with van der Waals surface area (Å²) in [5, 5.41) is 15.5. The molecule has 0 aliphatic carbocycles. The van der Waals surface area contributed by atoms with Crippen LogP contribution in [0.1, 0.15) is 19.4 Å². The number of amides is 1. The SMILES string of the molecule is CCN(CC)c1ccc(N/C=C(/C#N)C(=O)Nc2cc(Cl)ccc2C)cc1. The standard InChI is InChI=1S/C21H23ClN4O/c1-4-26(5-2)19-10-8-18(9-11-19)24-14-16(13-23)21(27)25-20-12-17(22)7-6-15(20)3/h6-12,14,24H,4-5H2,1-3H3,(H,25,27)/b16-14-. The van der Waals surface area contributed by atoms with Crippen LogP contribution in [0.2, 0.25) is 5.02 Å². The van der Waals surface area contributed by atoms with Crippen LogP contribution in [0.25, 0.3) is 0 Å². The fourth-order valence-corrected chi connectivity index (χ4v) is 2.75. The van der Waals surface area contributed by atoms with Crippen molar-refractivity contribution in [2.45, 2.75) is 20.8 Å². The van der Waals surface area contributed by atoms with Crippen molar-refractivity contribution in [1.82, 2.24) is 0 Å². The summed E-state index contributed by atoms with van der Waals surface area (Å²) >= 11 is 5.96. The molecule has 2 rings (SSSR count). The molecule has 1 amide bonds. The van der Waals surface area contributed by atoms with Gasteiger partial charge >= 0.3 is 0 Å². The van der Waals surface area contributed by atoms with Crippen LogP contribution in [0, 0.1) is 18.3 Å². The summed E-state index contributed by atoms with van der Waals surface area (Å²) in [7, 11) is 0. The summed E-state index contributed by atoms with van der Waals surface area (Å²) in [6, 6.07) is 15.0. The van der Waals surface area contributed by atoms with Crippen LogP contribution in [-0.2, 0) is 4.79 Å². The molecule has 0 unspecified atom stereocenters. The number of anilines is 3. The van der Waals surface area contributed by atoms with Gasteiger partial charge in [-0.1, -0.05) is 17.7 Å². The second kappa shape index (κ2) is 9.65. The summed E-state index contributed by atoms with van der Waals surface area (Å²) in [6.07, 6.45) is 1.40. The van der Waals surface area contributed by atoms with Gasteiger partial charge in [0.1, 0.15) is 11.6 Å². The summed E-state index contributed by atoms with van der Waals surface area (Å²) in [5.74, 6) is -0.491. The van der Waals surface area contributed by atoms with Gasteiger partial charge in [0.15, 0.2) is 0 Å². The number of benzene rings is 2. The molecule has 0 bridgehead atoms. The Morgan fingerprint density at radius 2 is 1.85 bits per heavy atom. The van der Waals surface area contributed by atoms with Crippen molar-refractivity contribution in [3.05, 3.63) is 64.8 Å². The number of nitrogens with one attached hydrogen (secondary N) is 2. The minimum Gasteiger partial charge on any atom is -0.372 e. The fourth-order valence-electron chi connectivity index (χ4n) is 2.58. The predicted octanol–water partition coefficient (Wildman–Crippen LogP) is 4.95. The molecule has 0 saturated carbocycles. The molecule has 0 aliphatic heterocycles. The average Bonchev–Trinajstić information content (AvgIpc) is 2.67. The highest BCUT2D eigenvalue weighted by molar-refractivity contribution is 6.31. The van der Waals surface area contributed by atoms with Gasteiger partial charge in [-0.25, -0.2) is 0 Å². The van der Waals surface area contributed by atoms with E-state index in [9.17, 15) is 10.1 Å². The van der Waals surface area contributed by atoms with E-state index in [2.05, 4.69) is 29.4 Å². The van der Waals surface area contributed by atoms with Gasteiger partial charge < -0.3 is 15.5 Å². The van der Waals surface area contributed by atoms with E-state index in [1.54, 1.807) is 12.1 Å². The number of rotatable bonds is 7. The number of hydrogen-bond donors (Lipinski definition) is 2. The molecule has 0 radical (unpaired) electrons. The highest BCUT2D eigenvalue weighted by Gasteiger charge is 2.11. The number of halogens is 1. The lowest BCUT2D eigenvalue weighted by molar-refractivity contribution is -0.112. The van der Waals surface area contributed by atoms with Gasteiger partial charge in [0.2, 0.25) is 0 Å². The molecule has 0 fully saturated rings. The van der Waals surface area contributed by atoms with Crippen LogP contribution >= 0.6 is 11.6 Å². The van der Waals surface area contributed by atoms with Crippen molar-refractivity contribution in [3.63, 3.8) is 0 Å². The van der Waals surface area contributed by atoms with E-state index in [1.807, 2.05) is 43.3 Å². The summed E-state index contributed by atoms with van der Waals surface area (Å²) in [6.45, 7) is 7.95. The minimum absolute atomic E-state index is 0.0257. The lowest BCUT2D eigenvalue weighted by Gasteiger charge is -2.21. The molecule has 0 aliphatic rings. The van der Waals surface area contributed by atoms with E-state index >= 15 is 0 Å². The molecule has 2 N–H and O–H groups in total. The first-order valence-electron chi connectivity index (χ1n) is 8.77. The van der Waals surface area contributed by atoms with Crippen molar-refractivity contribution in [1.29, 1.82) is 5.26 Å². The van der Waals surface area contributed by atoms with Gasteiger partial charge in [-0.3, -0.25) is 4.79 Å². The van der Waals surface area contributed by atoms with Gasteiger partial charge in [-0.05, 0) is 62.7 Å². The van der Waals surface area contributed by atoms with Gasteiger partial charge in [0.25, 0.3) is 5.91 Å². The number of aryl methyl sites for hydroxylation is 1. The topological polar surface area (TPSA) is 68.2 Å². The number of carbonyl (C=O) groups is 1. The molecule has 6 heteroatoms. The number of carbonyl (C=O) groups excluding carboxylic acids is 1. The normalized spacial score (nSPS) is 10.9. The Labute approximate surface area is 165 Å². The van der Waals surface area contributed by atoms with Crippen molar-refractivity contribution in [2.75, 3.05) is 28.6 Å². The number of nitrogens with zero attached hydrogens (tertiary/aromatic N) is 2.